The van der Waals surface area contributed by atoms with Gasteiger partial charge in [0.2, 0.25) is 0 Å². The third kappa shape index (κ3) is 4.64. The second-order valence-electron chi connectivity index (χ2n) is 6.00. The molecule has 0 spiro atoms. The zero-order chi connectivity index (χ0) is 13.5. The van der Waals surface area contributed by atoms with Crippen molar-refractivity contribution in [2.24, 2.45) is 0 Å². The molecular formula is C16H29N3. The van der Waals surface area contributed by atoms with E-state index in [0.717, 1.165) is 6.54 Å². The maximum atomic E-state index is 4.71. The van der Waals surface area contributed by atoms with Crippen molar-refractivity contribution in [1.29, 1.82) is 0 Å². The Kier molecular flexibility index (Phi) is 5.90. The van der Waals surface area contributed by atoms with Crippen LogP contribution in [0.5, 0.6) is 0 Å². The van der Waals surface area contributed by atoms with Gasteiger partial charge in [0.1, 0.15) is 0 Å². The van der Waals surface area contributed by atoms with E-state index in [1.54, 1.807) is 0 Å². The van der Waals surface area contributed by atoms with Crippen molar-refractivity contribution < 1.29 is 0 Å². The molecule has 19 heavy (non-hydrogen) atoms. The van der Waals surface area contributed by atoms with Crippen molar-refractivity contribution in [2.75, 3.05) is 0 Å². The Morgan fingerprint density at radius 2 is 2.16 bits per heavy atom. The number of unbranched alkanes of at least 4 members (excludes halogenated alkanes) is 2. The number of hydrogen-bond donors (Lipinski definition) is 1. The first-order chi connectivity index (χ1) is 9.29. The minimum atomic E-state index is 0.600. The smallest absolute Gasteiger partial charge is 0.0762 e. The predicted molar refractivity (Wildman–Crippen MR) is 80.2 cm³/mol. The Labute approximate surface area is 117 Å². The van der Waals surface area contributed by atoms with Gasteiger partial charge in [0.25, 0.3) is 0 Å². The van der Waals surface area contributed by atoms with Gasteiger partial charge in [-0.1, -0.05) is 39.0 Å². The lowest BCUT2D eigenvalue weighted by molar-refractivity contribution is 0.451. The van der Waals surface area contributed by atoms with Crippen LogP contribution in [0.1, 0.15) is 76.9 Å². The molecule has 1 heterocycles. The maximum absolute atomic E-state index is 4.71. The number of nitrogens with zero attached hydrogens (tertiary/aromatic N) is 2. The van der Waals surface area contributed by atoms with Crippen LogP contribution in [0, 0.1) is 0 Å². The van der Waals surface area contributed by atoms with E-state index in [-0.39, 0.29) is 0 Å². The van der Waals surface area contributed by atoms with Crippen LogP contribution in [-0.4, -0.2) is 15.8 Å². The molecule has 0 bridgehead atoms. The molecule has 108 valence electrons. The molecule has 0 aliphatic heterocycles. The van der Waals surface area contributed by atoms with Gasteiger partial charge >= 0.3 is 0 Å². The highest BCUT2D eigenvalue weighted by atomic mass is 15.3. The summed E-state index contributed by atoms with van der Waals surface area (Å²) in [5.41, 5.74) is 1.19. The number of hydrogen-bond acceptors (Lipinski definition) is 2. The van der Waals surface area contributed by atoms with Gasteiger partial charge in [-0.25, -0.2) is 0 Å². The highest BCUT2D eigenvalue weighted by molar-refractivity contribution is 5.00. The van der Waals surface area contributed by atoms with Crippen LogP contribution in [0.3, 0.4) is 0 Å². The summed E-state index contributed by atoms with van der Waals surface area (Å²) < 4.78 is 2.19. The van der Waals surface area contributed by atoms with E-state index in [9.17, 15) is 0 Å². The fraction of sp³-hybridized carbons (Fsp3) is 0.812. The van der Waals surface area contributed by atoms with Crippen molar-refractivity contribution in [2.45, 2.75) is 83.8 Å². The van der Waals surface area contributed by atoms with Crippen molar-refractivity contribution in [3.63, 3.8) is 0 Å². The minimum absolute atomic E-state index is 0.600. The second-order valence-corrected chi connectivity index (χ2v) is 6.00. The van der Waals surface area contributed by atoms with E-state index in [0.29, 0.717) is 12.1 Å². The Bertz CT molecular complexity index is 353. The molecule has 1 atom stereocenters. The van der Waals surface area contributed by atoms with Crippen LogP contribution >= 0.6 is 0 Å². The van der Waals surface area contributed by atoms with Gasteiger partial charge in [-0.15, -0.1) is 0 Å². The van der Waals surface area contributed by atoms with Gasteiger partial charge in [0, 0.05) is 18.8 Å². The summed E-state index contributed by atoms with van der Waals surface area (Å²) in [5.74, 6) is 0. The highest BCUT2D eigenvalue weighted by Gasteiger charge is 2.17. The molecule has 1 fully saturated rings. The molecule has 1 aromatic heterocycles. The van der Waals surface area contributed by atoms with Crippen molar-refractivity contribution in [3.05, 3.63) is 18.0 Å². The third-order valence-corrected chi connectivity index (χ3v) is 4.23. The van der Waals surface area contributed by atoms with Gasteiger partial charge in [0.05, 0.1) is 11.7 Å². The molecule has 1 aliphatic rings. The Hall–Kier alpha value is -0.830. The molecular weight excluding hydrogens is 234 g/mol. The molecule has 1 aromatic rings. The third-order valence-electron chi connectivity index (χ3n) is 4.23. The zero-order valence-corrected chi connectivity index (χ0v) is 12.6. The molecule has 0 radical (unpaired) electrons. The summed E-state index contributed by atoms with van der Waals surface area (Å²) in [7, 11) is 0. The first kappa shape index (κ1) is 14.6. The van der Waals surface area contributed by atoms with E-state index >= 15 is 0 Å². The lowest BCUT2D eigenvalue weighted by Gasteiger charge is -2.12. The van der Waals surface area contributed by atoms with Gasteiger partial charge < -0.3 is 5.32 Å². The average Bonchev–Trinajstić information content (AvgIpc) is 3.07. The van der Waals surface area contributed by atoms with Crippen LogP contribution < -0.4 is 5.32 Å². The lowest BCUT2D eigenvalue weighted by Crippen LogP contribution is -2.25. The number of nitrogens with one attached hydrogen (secondary N) is 1. The molecule has 3 heteroatoms. The molecule has 0 aromatic carbocycles. The van der Waals surface area contributed by atoms with Crippen LogP contribution in [0.4, 0.5) is 0 Å². The highest BCUT2D eigenvalue weighted by Crippen LogP contribution is 2.28. The molecule has 1 saturated carbocycles. The fourth-order valence-electron chi connectivity index (χ4n) is 2.93. The standard InChI is InChI=1S/C16H29N3/c1-3-4-5-8-14(2)17-13-15-11-12-19(18-15)16-9-6-7-10-16/h11-12,14,16-17H,3-10,13H2,1-2H3. The van der Waals surface area contributed by atoms with Gasteiger partial charge in [-0.05, 0) is 32.3 Å². The summed E-state index contributed by atoms with van der Waals surface area (Å²) >= 11 is 0. The lowest BCUT2D eigenvalue weighted by atomic mass is 10.1. The van der Waals surface area contributed by atoms with Gasteiger partial charge in [0.15, 0.2) is 0 Å². The average molecular weight is 263 g/mol. The quantitative estimate of drug-likeness (QED) is 0.717. The first-order valence-corrected chi connectivity index (χ1v) is 8.07. The van der Waals surface area contributed by atoms with E-state index < -0.39 is 0 Å². The Morgan fingerprint density at radius 1 is 1.37 bits per heavy atom. The predicted octanol–water partition coefficient (Wildman–Crippen LogP) is 4.06. The summed E-state index contributed by atoms with van der Waals surface area (Å²) in [5, 5.41) is 8.30. The van der Waals surface area contributed by atoms with Crippen molar-refractivity contribution in [3.8, 4) is 0 Å². The molecule has 0 saturated heterocycles. The topological polar surface area (TPSA) is 29.9 Å². The molecule has 1 aliphatic carbocycles. The fourth-order valence-corrected chi connectivity index (χ4v) is 2.93. The zero-order valence-electron chi connectivity index (χ0n) is 12.6. The Balaban J connectivity index is 1.70. The van der Waals surface area contributed by atoms with Crippen molar-refractivity contribution in [1.82, 2.24) is 15.1 Å². The van der Waals surface area contributed by atoms with Gasteiger partial charge in [-0.2, -0.15) is 5.10 Å². The summed E-state index contributed by atoms with van der Waals surface area (Å²) in [6.07, 6.45) is 12.8. The van der Waals surface area contributed by atoms with Crippen molar-refractivity contribution >= 4 is 0 Å². The van der Waals surface area contributed by atoms with Gasteiger partial charge in [-0.3, -0.25) is 4.68 Å². The van der Waals surface area contributed by atoms with E-state index in [4.69, 9.17) is 5.10 Å². The largest absolute Gasteiger partial charge is 0.309 e. The molecule has 2 rings (SSSR count). The van der Waals surface area contributed by atoms with E-state index in [1.165, 1.54) is 57.1 Å². The minimum Gasteiger partial charge on any atom is -0.309 e. The normalized spacial score (nSPS) is 18.0. The Morgan fingerprint density at radius 3 is 2.89 bits per heavy atom. The monoisotopic (exact) mass is 263 g/mol. The second kappa shape index (κ2) is 7.68. The first-order valence-electron chi connectivity index (χ1n) is 8.07. The number of rotatable bonds is 8. The van der Waals surface area contributed by atoms with E-state index in [1.807, 2.05) is 0 Å². The maximum Gasteiger partial charge on any atom is 0.0762 e. The van der Waals surface area contributed by atoms with Crippen LogP contribution in [0.25, 0.3) is 0 Å². The molecule has 0 amide bonds. The summed E-state index contributed by atoms with van der Waals surface area (Å²) in [4.78, 5) is 0. The van der Waals surface area contributed by atoms with Crippen LogP contribution in [0.2, 0.25) is 0 Å². The number of aromatic nitrogens is 2. The molecule has 1 N–H and O–H groups in total. The van der Waals surface area contributed by atoms with E-state index in [2.05, 4.69) is 36.1 Å². The summed E-state index contributed by atoms with van der Waals surface area (Å²) in [6, 6.07) is 3.43. The summed E-state index contributed by atoms with van der Waals surface area (Å²) in [6.45, 7) is 5.45. The van der Waals surface area contributed by atoms with Crippen LogP contribution in [-0.2, 0) is 6.54 Å². The van der Waals surface area contributed by atoms with Crippen LogP contribution in [0.15, 0.2) is 12.3 Å². The SMILES string of the molecule is CCCCCC(C)NCc1ccn(C2CCCC2)n1. The molecule has 1 unspecified atom stereocenters. The molecule has 3 nitrogen and oxygen atoms in total.